The number of carbonyl (C=O) groups excluding carboxylic acids is 1. The van der Waals surface area contributed by atoms with E-state index in [2.05, 4.69) is 0 Å². The summed E-state index contributed by atoms with van der Waals surface area (Å²) in [5.74, 6) is 0.422. The molecule has 1 amide bonds. The monoisotopic (exact) mass is 386 g/mol. The molecule has 1 aliphatic rings. The summed E-state index contributed by atoms with van der Waals surface area (Å²) in [7, 11) is 3.93. The Labute approximate surface area is 165 Å². The number of halogens is 1. The van der Waals surface area contributed by atoms with Crippen LogP contribution in [0.4, 0.5) is 10.1 Å². The smallest absolute Gasteiger partial charge is 0.253 e. The minimum absolute atomic E-state index is 0.0711. The molecule has 0 aromatic heterocycles. The molecule has 1 heterocycles. The largest absolute Gasteiger partial charge is 0.491 e. The maximum absolute atomic E-state index is 12.9. The van der Waals surface area contributed by atoms with E-state index >= 15 is 0 Å². The van der Waals surface area contributed by atoms with Crippen LogP contribution in [0.2, 0.25) is 0 Å². The number of carbonyl (C=O) groups is 1. The zero-order valence-corrected chi connectivity index (χ0v) is 16.4. The molecule has 0 unspecified atom stereocenters. The standard InChI is InChI=1S/C22H27FN2O3/c1-24(2)19-5-3-4-17(16-19)22(26)25-12-10-21(11-13-25)28-15-14-27-20-8-6-18(23)7-9-20/h3-9,16,21H,10-15H2,1-2H3. The fourth-order valence-electron chi connectivity index (χ4n) is 3.23. The molecule has 0 bridgehead atoms. The van der Waals surface area contributed by atoms with E-state index in [-0.39, 0.29) is 17.8 Å². The molecular weight excluding hydrogens is 359 g/mol. The lowest BCUT2D eigenvalue weighted by Gasteiger charge is -2.32. The third-order valence-electron chi connectivity index (χ3n) is 4.86. The molecule has 0 N–H and O–H groups in total. The fraction of sp³-hybridized carbons (Fsp3) is 0.409. The van der Waals surface area contributed by atoms with Gasteiger partial charge in [0.1, 0.15) is 18.2 Å². The van der Waals surface area contributed by atoms with Gasteiger partial charge in [0.05, 0.1) is 12.7 Å². The first kappa shape index (κ1) is 20.1. The van der Waals surface area contributed by atoms with Gasteiger partial charge in [-0.1, -0.05) is 6.07 Å². The van der Waals surface area contributed by atoms with Gasteiger partial charge < -0.3 is 19.3 Å². The average molecular weight is 386 g/mol. The van der Waals surface area contributed by atoms with Crippen molar-refractivity contribution in [3.63, 3.8) is 0 Å². The van der Waals surface area contributed by atoms with Gasteiger partial charge in [0.2, 0.25) is 0 Å². The predicted octanol–water partition coefficient (Wildman–Crippen LogP) is 3.59. The molecule has 0 spiro atoms. The van der Waals surface area contributed by atoms with Crippen molar-refractivity contribution in [2.24, 2.45) is 0 Å². The minimum atomic E-state index is -0.279. The van der Waals surface area contributed by atoms with E-state index in [0.717, 1.165) is 24.1 Å². The highest BCUT2D eigenvalue weighted by Crippen LogP contribution is 2.19. The molecule has 28 heavy (non-hydrogen) atoms. The average Bonchev–Trinajstić information content (AvgIpc) is 2.72. The van der Waals surface area contributed by atoms with Crippen molar-refractivity contribution in [2.75, 3.05) is 45.3 Å². The Kier molecular flexibility index (Phi) is 6.87. The number of rotatable bonds is 7. The molecule has 1 fully saturated rings. The van der Waals surface area contributed by atoms with Crippen molar-refractivity contribution < 1.29 is 18.7 Å². The van der Waals surface area contributed by atoms with E-state index in [4.69, 9.17) is 9.47 Å². The van der Waals surface area contributed by atoms with Gasteiger partial charge in [-0.25, -0.2) is 4.39 Å². The van der Waals surface area contributed by atoms with Crippen LogP contribution in [0.15, 0.2) is 48.5 Å². The van der Waals surface area contributed by atoms with Gasteiger partial charge in [-0.2, -0.15) is 0 Å². The number of likely N-dealkylation sites (tertiary alicyclic amines) is 1. The van der Waals surface area contributed by atoms with E-state index in [1.807, 2.05) is 48.2 Å². The first-order valence-electron chi connectivity index (χ1n) is 9.59. The van der Waals surface area contributed by atoms with E-state index < -0.39 is 0 Å². The molecule has 3 rings (SSSR count). The predicted molar refractivity (Wildman–Crippen MR) is 108 cm³/mol. The zero-order chi connectivity index (χ0) is 19.9. The third-order valence-corrected chi connectivity index (χ3v) is 4.86. The number of benzene rings is 2. The van der Waals surface area contributed by atoms with Crippen LogP contribution in [0.3, 0.4) is 0 Å². The van der Waals surface area contributed by atoms with Crippen molar-refractivity contribution >= 4 is 11.6 Å². The topological polar surface area (TPSA) is 42.0 Å². The summed E-state index contributed by atoms with van der Waals surface area (Å²) < 4.78 is 24.3. The molecule has 1 saturated heterocycles. The number of anilines is 1. The quantitative estimate of drug-likeness (QED) is 0.682. The number of piperidine rings is 1. The first-order valence-corrected chi connectivity index (χ1v) is 9.59. The molecular formula is C22H27FN2O3. The summed E-state index contributed by atoms with van der Waals surface area (Å²) in [5, 5.41) is 0. The molecule has 6 heteroatoms. The summed E-state index contributed by atoms with van der Waals surface area (Å²) in [6.45, 7) is 2.27. The minimum Gasteiger partial charge on any atom is -0.491 e. The van der Waals surface area contributed by atoms with Crippen molar-refractivity contribution in [3.8, 4) is 5.75 Å². The van der Waals surface area contributed by atoms with Crippen molar-refractivity contribution in [1.29, 1.82) is 0 Å². The Morgan fingerprint density at radius 1 is 1.11 bits per heavy atom. The normalized spacial score (nSPS) is 14.8. The fourth-order valence-corrected chi connectivity index (χ4v) is 3.23. The summed E-state index contributed by atoms with van der Waals surface area (Å²) in [4.78, 5) is 16.6. The van der Waals surface area contributed by atoms with Gasteiger partial charge in [0.25, 0.3) is 5.91 Å². The molecule has 2 aromatic rings. The van der Waals surface area contributed by atoms with Crippen molar-refractivity contribution in [3.05, 3.63) is 59.9 Å². The molecule has 0 atom stereocenters. The Hall–Kier alpha value is -2.60. The molecule has 1 aliphatic heterocycles. The highest BCUT2D eigenvalue weighted by molar-refractivity contribution is 5.95. The van der Waals surface area contributed by atoms with Gasteiger partial charge >= 0.3 is 0 Å². The summed E-state index contributed by atoms with van der Waals surface area (Å²) in [5.41, 5.74) is 1.74. The maximum atomic E-state index is 12.9. The summed E-state index contributed by atoms with van der Waals surface area (Å²) in [6.07, 6.45) is 1.76. The molecule has 150 valence electrons. The van der Waals surface area contributed by atoms with Gasteiger partial charge in [-0.15, -0.1) is 0 Å². The SMILES string of the molecule is CN(C)c1cccc(C(=O)N2CCC(OCCOc3ccc(F)cc3)CC2)c1. The van der Waals surface area contributed by atoms with Crippen LogP contribution in [0.1, 0.15) is 23.2 Å². The lowest BCUT2D eigenvalue weighted by atomic mass is 10.1. The lowest BCUT2D eigenvalue weighted by Crippen LogP contribution is -2.41. The first-order chi connectivity index (χ1) is 13.5. The van der Waals surface area contributed by atoms with Crippen LogP contribution < -0.4 is 9.64 Å². The van der Waals surface area contributed by atoms with Gasteiger partial charge in [0.15, 0.2) is 0 Å². The van der Waals surface area contributed by atoms with Crippen molar-refractivity contribution in [1.82, 2.24) is 4.90 Å². The Balaban J connectivity index is 1.40. The Morgan fingerprint density at radius 3 is 2.50 bits per heavy atom. The zero-order valence-electron chi connectivity index (χ0n) is 16.4. The summed E-state index contributed by atoms with van der Waals surface area (Å²) in [6, 6.07) is 13.6. The second kappa shape index (κ2) is 9.55. The maximum Gasteiger partial charge on any atom is 0.253 e. The van der Waals surface area contributed by atoms with E-state index in [0.29, 0.717) is 32.1 Å². The van der Waals surface area contributed by atoms with Crippen LogP contribution in [-0.2, 0) is 4.74 Å². The molecule has 2 aromatic carbocycles. The molecule has 0 saturated carbocycles. The van der Waals surface area contributed by atoms with Crippen molar-refractivity contribution in [2.45, 2.75) is 18.9 Å². The van der Waals surface area contributed by atoms with Gasteiger partial charge in [-0.05, 0) is 55.3 Å². The second-order valence-corrected chi connectivity index (χ2v) is 7.11. The van der Waals surface area contributed by atoms with Gasteiger partial charge in [0, 0.05) is 38.4 Å². The molecule has 5 nitrogen and oxygen atoms in total. The molecule has 0 radical (unpaired) electrons. The number of hydrogen-bond acceptors (Lipinski definition) is 4. The lowest BCUT2D eigenvalue weighted by molar-refractivity contribution is -0.00238. The van der Waals surface area contributed by atoms with E-state index in [9.17, 15) is 9.18 Å². The highest BCUT2D eigenvalue weighted by atomic mass is 19.1. The van der Waals surface area contributed by atoms with Gasteiger partial charge in [-0.3, -0.25) is 4.79 Å². The number of nitrogens with zero attached hydrogens (tertiary/aromatic N) is 2. The van der Waals surface area contributed by atoms with Crippen LogP contribution in [0, 0.1) is 5.82 Å². The van der Waals surface area contributed by atoms with Crippen LogP contribution >= 0.6 is 0 Å². The second-order valence-electron chi connectivity index (χ2n) is 7.11. The Bertz CT molecular complexity index is 772. The van der Waals surface area contributed by atoms with E-state index in [1.165, 1.54) is 12.1 Å². The number of amides is 1. The van der Waals surface area contributed by atoms with Crippen LogP contribution in [-0.4, -0.2) is 57.3 Å². The van der Waals surface area contributed by atoms with E-state index in [1.54, 1.807) is 12.1 Å². The number of hydrogen-bond donors (Lipinski definition) is 0. The third kappa shape index (κ3) is 5.45. The molecule has 0 aliphatic carbocycles. The Morgan fingerprint density at radius 2 is 1.82 bits per heavy atom. The summed E-state index contributed by atoms with van der Waals surface area (Å²) >= 11 is 0. The van der Waals surface area contributed by atoms with Crippen LogP contribution in [0.25, 0.3) is 0 Å². The van der Waals surface area contributed by atoms with Crippen LogP contribution in [0.5, 0.6) is 5.75 Å². The number of ether oxygens (including phenoxy) is 2. The highest BCUT2D eigenvalue weighted by Gasteiger charge is 2.24.